The molecule has 2 aliphatic rings. The van der Waals surface area contributed by atoms with Gasteiger partial charge >= 0.3 is 5.97 Å². The molecule has 2 N–H and O–H groups in total. The Hall–Kier alpha value is -2.49. The maximum Gasteiger partial charge on any atom is 0.374 e. The first-order valence-corrected chi connectivity index (χ1v) is 10.3. The number of alkyl halides is 1. The molecular weight excluding hydrogens is 379 g/mol. The Morgan fingerprint density at radius 3 is 2.62 bits per heavy atom. The summed E-state index contributed by atoms with van der Waals surface area (Å²) < 4.78 is 21.3. The zero-order chi connectivity index (χ0) is 20.4. The molecule has 1 saturated carbocycles. The van der Waals surface area contributed by atoms with Crippen LogP contribution in [0.5, 0.6) is 0 Å². The van der Waals surface area contributed by atoms with E-state index in [1.807, 2.05) is 4.57 Å². The number of ether oxygens (including phenoxy) is 1. The summed E-state index contributed by atoms with van der Waals surface area (Å²) in [7, 11) is 0. The Bertz CT molecular complexity index is 874. The number of rotatable bonds is 6. The van der Waals surface area contributed by atoms with E-state index in [9.17, 15) is 14.3 Å². The highest BCUT2D eigenvalue weighted by Crippen LogP contribution is 2.32. The van der Waals surface area contributed by atoms with Crippen molar-refractivity contribution in [1.82, 2.24) is 19.5 Å². The minimum atomic E-state index is -1.39. The van der Waals surface area contributed by atoms with Crippen LogP contribution in [0.4, 0.5) is 16.2 Å². The number of hydrogen-bond donors (Lipinski definition) is 2. The fourth-order valence-corrected chi connectivity index (χ4v) is 4.21. The summed E-state index contributed by atoms with van der Waals surface area (Å²) in [5, 5.41) is 12.0. The summed E-state index contributed by atoms with van der Waals surface area (Å²) in [6.07, 6.45) is 4.55. The number of carbonyl (C=O) groups is 1. The Balaban J connectivity index is 1.84. The second-order valence-corrected chi connectivity index (χ2v) is 7.76. The van der Waals surface area contributed by atoms with Gasteiger partial charge in [0.25, 0.3) is 0 Å². The third-order valence-electron chi connectivity index (χ3n) is 5.57. The molecule has 2 aromatic rings. The van der Waals surface area contributed by atoms with Gasteiger partial charge in [0.2, 0.25) is 11.8 Å². The molecule has 1 aliphatic heterocycles. The van der Waals surface area contributed by atoms with Gasteiger partial charge in [-0.05, 0) is 25.7 Å². The molecule has 0 aromatic carbocycles. The van der Waals surface area contributed by atoms with Gasteiger partial charge in [-0.25, -0.2) is 19.2 Å². The summed E-state index contributed by atoms with van der Waals surface area (Å²) in [5.41, 5.74) is 0.837. The maximum atomic E-state index is 13.8. The van der Waals surface area contributed by atoms with Crippen molar-refractivity contribution in [3.63, 3.8) is 0 Å². The van der Waals surface area contributed by atoms with Gasteiger partial charge in [-0.1, -0.05) is 19.3 Å². The lowest BCUT2D eigenvalue weighted by Crippen LogP contribution is -2.38. The van der Waals surface area contributed by atoms with Gasteiger partial charge in [-0.15, -0.1) is 0 Å². The number of aromatic nitrogens is 4. The smallest absolute Gasteiger partial charge is 0.374 e. The number of nitrogens with one attached hydrogen (secondary N) is 1. The number of imidazole rings is 1. The van der Waals surface area contributed by atoms with Crippen LogP contribution in [-0.2, 0) is 11.3 Å². The van der Waals surface area contributed by atoms with Gasteiger partial charge in [-0.2, -0.15) is 4.98 Å². The number of fused-ring (bicyclic) bond motifs is 1. The molecule has 0 radical (unpaired) electrons. The molecule has 1 saturated heterocycles. The largest absolute Gasteiger partial charge is 0.475 e. The van der Waals surface area contributed by atoms with Crippen LogP contribution in [0.25, 0.3) is 11.2 Å². The van der Waals surface area contributed by atoms with E-state index in [1.165, 1.54) is 26.2 Å². The van der Waals surface area contributed by atoms with Crippen LogP contribution in [0.2, 0.25) is 0 Å². The number of anilines is 2. The van der Waals surface area contributed by atoms with Crippen molar-refractivity contribution in [2.24, 2.45) is 5.92 Å². The number of hydrogen-bond acceptors (Lipinski definition) is 7. The maximum absolute atomic E-state index is 13.8. The first-order valence-electron chi connectivity index (χ1n) is 10.3. The topological polar surface area (TPSA) is 105 Å². The minimum absolute atomic E-state index is 0.171. The van der Waals surface area contributed by atoms with Gasteiger partial charge in [0.15, 0.2) is 17.8 Å². The molecule has 4 rings (SSSR count). The molecule has 2 fully saturated rings. The quantitative estimate of drug-likeness (QED) is 0.706. The van der Waals surface area contributed by atoms with E-state index >= 15 is 0 Å². The fraction of sp³-hybridized carbons (Fsp3) is 0.684. The van der Waals surface area contributed by atoms with E-state index in [0.717, 1.165) is 25.3 Å². The van der Waals surface area contributed by atoms with Crippen molar-refractivity contribution in [3.05, 3.63) is 5.82 Å². The normalized spacial score (nSPS) is 19.4. The lowest BCUT2D eigenvalue weighted by Gasteiger charge is -2.30. The molecule has 1 atom stereocenters. The Kier molecular flexibility index (Phi) is 5.79. The SMILES string of the molecule is C[C@H](F)Nc1nc(C(=O)O)nc2nc(N3CCOCC3)n(CC3CCCCC3)c12. The molecule has 9 nitrogen and oxygen atoms in total. The van der Waals surface area contributed by atoms with E-state index in [4.69, 9.17) is 4.74 Å². The highest BCUT2D eigenvalue weighted by atomic mass is 19.1. The summed E-state index contributed by atoms with van der Waals surface area (Å²) in [4.78, 5) is 26.5. The molecule has 3 heterocycles. The summed E-state index contributed by atoms with van der Waals surface area (Å²) in [6.45, 7) is 4.66. The Labute approximate surface area is 168 Å². The van der Waals surface area contributed by atoms with Gasteiger partial charge in [0.1, 0.15) is 5.52 Å². The second-order valence-electron chi connectivity index (χ2n) is 7.76. The fourth-order valence-electron chi connectivity index (χ4n) is 4.21. The van der Waals surface area contributed by atoms with Gasteiger partial charge < -0.3 is 24.6 Å². The van der Waals surface area contributed by atoms with Crippen LogP contribution in [0, 0.1) is 5.92 Å². The molecule has 10 heteroatoms. The molecule has 29 heavy (non-hydrogen) atoms. The predicted octanol–water partition coefficient (Wildman–Crippen LogP) is 2.67. The van der Waals surface area contributed by atoms with E-state index in [2.05, 4.69) is 25.2 Å². The first-order chi connectivity index (χ1) is 14.0. The molecule has 2 aromatic heterocycles. The van der Waals surface area contributed by atoms with Gasteiger partial charge in [0.05, 0.1) is 13.2 Å². The monoisotopic (exact) mass is 406 g/mol. The highest BCUT2D eigenvalue weighted by molar-refractivity contribution is 5.91. The summed E-state index contributed by atoms with van der Waals surface area (Å²) in [5.74, 6) is -0.269. The van der Waals surface area contributed by atoms with Gasteiger partial charge in [-0.3, -0.25) is 0 Å². The molecule has 0 amide bonds. The van der Waals surface area contributed by atoms with Crippen LogP contribution in [0.15, 0.2) is 0 Å². The van der Waals surface area contributed by atoms with Crippen molar-refractivity contribution < 1.29 is 19.0 Å². The van der Waals surface area contributed by atoms with E-state index in [-0.39, 0.29) is 11.5 Å². The van der Waals surface area contributed by atoms with Crippen LogP contribution in [0.1, 0.15) is 49.6 Å². The van der Waals surface area contributed by atoms with Crippen LogP contribution >= 0.6 is 0 Å². The van der Waals surface area contributed by atoms with Crippen molar-refractivity contribution in [3.8, 4) is 0 Å². The lowest BCUT2D eigenvalue weighted by atomic mass is 9.89. The molecule has 0 unspecified atom stereocenters. The number of carboxylic acids is 1. The number of aromatic carboxylic acids is 1. The molecule has 0 bridgehead atoms. The summed E-state index contributed by atoms with van der Waals surface area (Å²) in [6, 6.07) is 0. The zero-order valence-electron chi connectivity index (χ0n) is 16.6. The van der Waals surface area contributed by atoms with E-state index in [0.29, 0.717) is 37.7 Å². The zero-order valence-corrected chi connectivity index (χ0v) is 16.6. The number of nitrogens with zero attached hydrogens (tertiary/aromatic N) is 5. The summed E-state index contributed by atoms with van der Waals surface area (Å²) >= 11 is 0. The number of morpholine rings is 1. The number of carboxylic acid groups (broad SMARTS) is 1. The highest BCUT2D eigenvalue weighted by Gasteiger charge is 2.27. The Morgan fingerprint density at radius 2 is 1.97 bits per heavy atom. The van der Waals surface area contributed by atoms with E-state index < -0.39 is 18.1 Å². The minimum Gasteiger partial charge on any atom is -0.475 e. The standard InChI is InChI=1S/C19H27FN6O3/c1-12(20)21-15-14-16(23-17(22-15)18(27)28)24-19(25-7-9-29-10-8-25)26(14)11-13-5-3-2-4-6-13/h12-13H,2-11H2,1H3,(H,27,28)(H,21,22,23)/t12-/m1/s1. The van der Waals surface area contributed by atoms with Crippen LogP contribution < -0.4 is 10.2 Å². The average Bonchev–Trinajstić information content (AvgIpc) is 3.07. The van der Waals surface area contributed by atoms with Crippen molar-refractivity contribution >= 4 is 28.9 Å². The predicted molar refractivity (Wildman–Crippen MR) is 106 cm³/mol. The lowest BCUT2D eigenvalue weighted by molar-refractivity contribution is 0.0684. The number of halogens is 1. The van der Waals surface area contributed by atoms with Crippen LogP contribution in [-0.4, -0.2) is 63.2 Å². The second kappa shape index (κ2) is 8.48. The Morgan fingerprint density at radius 1 is 1.24 bits per heavy atom. The van der Waals surface area contributed by atoms with Crippen molar-refractivity contribution in [1.29, 1.82) is 0 Å². The molecule has 158 valence electrons. The molecule has 0 spiro atoms. The average molecular weight is 406 g/mol. The van der Waals surface area contributed by atoms with E-state index in [1.54, 1.807) is 0 Å². The third-order valence-corrected chi connectivity index (χ3v) is 5.57. The third kappa shape index (κ3) is 4.26. The van der Waals surface area contributed by atoms with Crippen LogP contribution in [0.3, 0.4) is 0 Å². The molecule has 1 aliphatic carbocycles. The molecular formula is C19H27FN6O3. The van der Waals surface area contributed by atoms with Crippen molar-refractivity contribution in [2.45, 2.75) is 51.9 Å². The van der Waals surface area contributed by atoms with Gasteiger partial charge in [0, 0.05) is 19.6 Å². The first kappa shape index (κ1) is 19.8. The van der Waals surface area contributed by atoms with Crippen molar-refractivity contribution in [2.75, 3.05) is 36.5 Å².